The minimum atomic E-state index is -0.418. The van der Waals surface area contributed by atoms with Crippen molar-refractivity contribution in [3.05, 3.63) is 94.7 Å². The van der Waals surface area contributed by atoms with Crippen molar-refractivity contribution < 1.29 is 9.18 Å². The fraction of sp³-hybridized carbons (Fsp3) is 0.207. The highest BCUT2D eigenvalue weighted by Crippen LogP contribution is 2.23. The maximum atomic E-state index is 13.6. The van der Waals surface area contributed by atoms with Gasteiger partial charge in [0.2, 0.25) is 0 Å². The summed E-state index contributed by atoms with van der Waals surface area (Å²) in [6, 6.07) is 10.6. The minimum Gasteiger partial charge on any atom is -0.347 e. The lowest BCUT2D eigenvalue weighted by Gasteiger charge is -2.10. The number of carbonyl (C=O) groups excluding carboxylic acids is 1. The summed E-state index contributed by atoms with van der Waals surface area (Å²) < 4.78 is 13.6. The van der Waals surface area contributed by atoms with E-state index in [0.717, 1.165) is 23.4 Å². The molecule has 11 heteroatoms. The number of halogens is 1. The van der Waals surface area contributed by atoms with Gasteiger partial charge in [0, 0.05) is 59.3 Å². The summed E-state index contributed by atoms with van der Waals surface area (Å²) in [4.78, 5) is 34.9. The van der Waals surface area contributed by atoms with Crippen LogP contribution in [0.5, 0.6) is 0 Å². The van der Waals surface area contributed by atoms with Crippen molar-refractivity contribution in [3.63, 3.8) is 0 Å². The van der Waals surface area contributed by atoms with Crippen LogP contribution in [0.2, 0.25) is 0 Å². The first-order valence-corrected chi connectivity index (χ1v) is 12.8. The predicted octanol–water partition coefficient (Wildman–Crippen LogP) is 5.02. The molecule has 0 aliphatic heterocycles. The number of aromatic nitrogens is 7. The van der Waals surface area contributed by atoms with Crippen LogP contribution < -0.4 is 10.6 Å². The fourth-order valence-corrected chi connectivity index (χ4v) is 4.16. The van der Waals surface area contributed by atoms with Crippen molar-refractivity contribution in [3.8, 4) is 22.6 Å². The number of aryl methyl sites for hydroxylation is 4. The van der Waals surface area contributed by atoms with E-state index >= 15 is 0 Å². The van der Waals surface area contributed by atoms with Gasteiger partial charge < -0.3 is 10.6 Å². The molecule has 0 aliphatic rings. The number of H-pyrrole nitrogens is 1. The molecule has 1 amide bonds. The highest BCUT2D eigenvalue weighted by atomic mass is 19.1. The Bertz CT molecular complexity index is 1680. The first-order chi connectivity index (χ1) is 19.3. The quantitative estimate of drug-likeness (QED) is 0.251. The van der Waals surface area contributed by atoms with Gasteiger partial charge in [-0.1, -0.05) is 13.0 Å². The number of hydrogen-bond acceptors (Lipinski definition) is 8. The van der Waals surface area contributed by atoms with Crippen molar-refractivity contribution in [2.75, 3.05) is 5.32 Å². The Labute approximate surface area is 230 Å². The molecule has 5 aromatic rings. The Hall–Kier alpha value is -5.06. The largest absolute Gasteiger partial charge is 0.347 e. The molecule has 0 radical (unpaired) electrons. The number of hydrogen-bond donors (Lipinski definition) is 3. The zero-order chi connectivity index (χ0) is 28.2. The van der Waals surface area contributed by atoms with E-state index < -0.39 is 5.82 Å². The third-order valence-electron chi connectivity index (χ3n) is 6.28. The number of rotatable bonds is 8. The molecule has 5 rings (SSSR count). The van der Waals surface area contributed by atoms with Crippen molar-refractivity contribution in [1.82, 2.24) is 40.4 Å². The maximum absolute atomic E-state index is 13.6. The summed E-state index contributed by atoms with van der Waals surface area (Å²) in [5, 5.41) is 13.3. The van der Waals surface area contributed by atoms with Gasteiger partial charge in [-0.25, -0.2) is 14.4 Å². The zero-order valence-electron chi connectivity index (χ0n) is 22.6. The average molecular weight is 538 g/mol. The monoisotopic (exact) mass is 537 g/mol. The number of aromatic amines is 1. The van der Waals surface area contributed by atoms with Gasteiger partial charge in [0.25, 0.3) is 5.91 Å². The number of pyridine rings is 3. The van der Waals surface area contributed by atoms with E-state index in [1.54, 1.807) is 25.4 Å². The first kappa shape index (κ1) is 26.5. The molecule has 0 fully saturated rings. The van der Waals surface area contributed by atoms with Crippen LogP contribution in [0.15, 0.2) is 55.0 Å². The smallest absolute Gasteiger partial charge is 0.270 e. The third-order valence-corrected chi connectivity index (χ3v) is 6.28. The Morgan fingerprint density at radius 2 is 1.80 bits per heavy atom. The molecule has 5 aromatic heterocycles. The lowest BCUT2D eigenvalue weighted by molar-refractivity contribution is 0.0945. The van der Waals surface area contributed by atoms with Gasteiger partial charge in [0.1, 0.15) is 17.3 Å². The zero-order valence-corrected chi connectivity index (χ0v) is 22.6. The van der Waals surface area contributed by atoms with Crippen LogP contribution in [0.25, 0.3) is 22.6 Å². The second-order valence-electron chi connectivity index (χ2n) is 9.39. The van der Waals surface area contributed by atoms with Crippen molar-refractivity contribution in [2.24, 2.45) is 0 Å². The number of carbonyl (C=O) groups is 1. The Morgan fingerprint density at radius 3 is 2.52 bits per heavy atom. The van der Waals surface area contributed by atoms with Crippen LogP contribution in [0.1, 0.15) is 45.6 Å². The number of nitrogens with one attached hydrogen (secondary N) is 3. The molecule has 0 aromatic carbocycles. The number of nitrogens with zero attached hydrogens (tertiary/aromatic N) is 6. The third kappa shape index (κ3) is 5.98. The molecule has 40 heavy (non-hydrogen) atoms. The number of anilines is 2. The van der Waals surface area contributed by atoms with Crippen LogP contribution in [0, 0.1) is 26.6 Å². The summed E-state index contributed by atoms with van der Waals surface area (Å²) in [6.45, 7) is 7.82. The van der Waals surface area contributed by atoms with Crippen molar-refractivity contribution >= 4 is 17.5 Å². The van der Waals surface area contributed by atoms with E-state index in [1.165, 1.54) is 12.3 Å². The summed E-state index contributed by atoms with van der Waals surface area (Å²) in [6.07, 6.45) is 5.27. The Balaban J connectivity index is 1.26. The van der Waals surface area contributed by atoms with Gasteiger partial charge >= 0.3 is 0 Å². The Kier molecular flexibility index (Phi) is 7.54. The van der Waals surface area contributed by atoms with E-state index in [1.807, 2.05) is 45.0 Å². The summed E-state index contributed by atoms with van der Waals surface area (Å²) in [7, 11) is 0. The van der Waals surface area contributed by atoms with Crippen molar-refractivity contribution in [2.45, 2.75) is 40.7 Å². The molecule has 5 heterocycles. The van der Waals surface area contributed by atoms with E-state index in [4.69, 9.17) is 0 Å². The molecular formula is C29H28FN9O. The SMILES string of the molecule is CCc1cc(Nc2cc(C)nc(-c3cnc(C(=O)NCc4ccc(-c5cc(F)cnc5C)nc4)c(C)c3)n2)n[nH]1. The second kappa shape index (κ2) is 11.4. The van der Waals surface area contributed by atoms with E-state index in [2.05, 4.69) is 45.8 Å². The van der Waals surface area contributed by atoms with Crippen LogP contribution in [-0.4, -0.2) is 41.0 Å². The normalized spacial score (nSPS) is 10.9. The molecule has 0 unspecified atom stereocenters. The van der Waals surface area contributed by atoms with Crippen LogP contribution in [-0.2, 0) is 13.0 Å². The van der Waals surface area contributed by atoms with Gasteiger partial charge in [-0.15, -0.1) is 0 Å². The molecule has 10 nitrogen and oxygen atoms in total. The van der Waals surface area contributed by atoms with E-state index in [-0.39, 0.29) is 12.5 Å². The average Bonchev–Trinajstić information content (AvgIpc) is 3.40. The minimum absolute atomic E-state index is 0.262. The summed E-state index contributed by atoms with van der Waals surface area (Å²) in [5.74, 6) is 1.05. The maximum Gasteiger partial charge on any atom is 0.270 e. The van der Waals surface area contributed by atoms with E-state index in [0.29, 0.717) is 51.2 Å². The topological polar surface area (TPSA) is 134 Å². The molecule has 0 spiro atoms. The number of amides is 1. The molecule has 0 aliphatic carbocycles. The molecular weight excluding hydrogens is 509 g/mol. The lowest BCUT2D eigenvalue weighted by atomic mass is 10.1. The van der Waals surface area contributed by atoms with Crippen molar-refractivity contribution in [1.29, 1.82) is 0 Å². The second-order valence-corrected chi connectivity index (χ2v) is 9.39. The molecule has 0 bridgehead atoms. The van der Waals surface area contributed by atoms with Crippen LogP contribution >= 0.6 is 0 Å². The molecule has 0 saturated heterocycles. The van der Waals surface area contributed by atoms with Crippen LogP contribution in [0.4, 0.5) is 16.0 Å². The van der Waals surface area contributed by atoms with E-state index in [9.17, 15) is 9.18 Å². The van der Waals surface area contributed by atoms with Gasteiger partial charge in [-0.05, 0) is 56.5 Å². The lowest BCUT2D eigenvalue weighted by Crippen LogP contribution is -2.24. The Morgan fingerprint density at radius 1 is 0.950 bits per heavy atom. The fourth-order valence-electron chi connectivity index (χ4n) is 4.16. The highest BCUT2D eigenvalue weighted by molar-refractivity contribution is 5.94. The predicted molar refractivity (Wildman–Crippen MR) is 149 cm³/mol. The standard InChI is InChI=1S/C29H28FN9O/c1-5-22-11-26(39-38-22)36-25-9-17(3)35-28(37-25)20-8-16(2)27(33-14-20)29(40)34-13-19-6-7-24(32-12-19)23-10-21(30)15-31-18(23)4/h6-12,14-15H,5,13H2,1-4H3,(H,34,40)(H2,35,36,37,38,39). The highest BCUT2D eigenvalue weighted by Gasteiger charge is 2.15. The molecule has 3 N–H and O–H groups in total. The van der Waals surface area contributed by atoms with Crippen LogP contribution in [0.3, 0.4) is 0 Å². The molecule has 0 saturated carbocycles. The summed E-state index contributed by atoms with van der Waals surface area (Å²) >= 11 is 0. The molecule has 202 valence electrons. The van der Waals surface area contributed by atoms with Gasteiger partial charge in [-0.2, -0.15) is 5.10 Å². The van der Waals surface area contributed by atoms with Gasteiger partial charge in [0.05, 0.1) is 11.9 Å². The first-order valence-electron chi connectivity index (χ1n) is 12.8. The van der Waals surface area contributed by atoms with Gasteiger partial charge in [0.15, 0.2) is 11.6 Å². The summed E-state index contributed by atoms with van der Waals surface area (Å²) in [5.41, 5.74) is 6.22. The van der Waals surface area contributed by atoms with Gasteiger partial charge in [-0.3, -0.25) is 24.8 Å². The molecule has 0 atom stereocenters.